The summed E-state index contributed by atoms with van der Waals surface area (Å²) in [7, 11) is 1.61. The van der Waals surface area contributed by atoms with E-state index in [1.165, 1.54) is 0 Å². The van der Waals surface area contributed by atoms with Gasteiger partial charge in [0, 0.05) is 22.7 Å². The summed E-state index contributed by atoms with van der Waals surface area (Å²) in [6, 6.07) is 15.1. The number of fused-ring (bicyclic) bond motifs is 1. The first kappa shape index (κ1) is 15.6. The summed E-state index contributed by atoms with van der Waals surface area (Å²) in [5, 5.41) is 10.2. The zero-order valence-electron chi connectivity index (χ0n) is 13.5. The van der Waals surface area contributed by atoms with Crippen molar-refractivity contribution in [3.8, 4) is 11.8 Å². The van der Waals surface area contributed by atoms with Gasteiger partial charge in [-0.1, -0.05) is 24.3 Å². The van der Waals surface area contributed by atoms with Crippen molar-refractivity contribution in [1.29, 1.82) is 5.26 Å². The van der Waals surface area contributed by atoms with Crippen molar-refractivity contribution in [2.24, 2.45) is 0 Å². The molecule has 1 N–H and O–H groups in total. The third-order valence-corrected chi connectivity index (χ3v) is 3.93. The molecule has 0 saturated carbocycles. The average Bonchev–Trinajstić information content (AvgIpc) is 3.03. The number of hydrogen-bond acceptors (Lipinski definition) is 3. The van der Waals surface area contributed by atoms with Crippen LogP contribution in [0.4, 0.5) is 0 Å². The van der Waals surface area contributed by atoms with Gasteiger partial charge in [0.2, 0.25) is 5.78 Å². The van der Waals surface area contributed by atoms with E-state index in [4.69, 9.17) is 4.74 Å². The lowest BCUT2D eigenvalue weighted by Gasteiger charge is -2.05. The molecular weight excluding hydrogens is 300 g/mol. The van der Waals surface area contributed by atoms with Gasteiger partial charge < -0.3 is 9.72 Å². The summed E-state index contributed by atoms with van der Waals surface area (Å²) in [5.41, 5.74) is 3.22. The maximum absolute atomic E-state index is 12.7. The molecule has 2 aromatic carbocycles. The fourth-order valence-electron chi connectivity index (χ4n) is 2.71. The molecule has 0 aliphatic heterocycles. The Kier molecular flexibility index (Phi) is 4.17. The van der Waals surface area contributed by atoms with Gasteiger partial charge in [0.05, 0.1) is 7.11 Å². The van der Waals surface area contributed by atoms with Crippen LogP contribution in [-0.2, 0) is 0 Å². The topological polar surface area (TPSA) is 65.9 Å². The third kappa shape index (κ3) is 2.80. The van der Waals surface area contributed by atoms with Crippen molar-refractivity contribution >= 4 is 22.8 Å². The fourth-order valence-corrected chi connectivity index (χ4v) is 2.71. The number of carbonyl (C=O) groups excluding carboxylic acids is 1. The number of para-hydroxylation sites is 1. The average molecular weight is 316 g/mol. The first-order chi connectivity index (χ1) is 11.6. The first-order valence-electron chi connectivity index (χ1n) is 7.51. The Labute approximate surface area is 140 Å². The second kappa shape index (κ2) is 6.43. The number of nitrogens with zero attached hydrogens (tertiary/aromatic N) is 1. The van der Waals surface area contributed by atoms with Crippen LogP contribution in [0.1, 0.15) is 21.5 Å². The molecule has 3 aromatic rings. The number of ketones is 1. The lowest BCUT2D eigenvalue weighted by atomic mass is 10.0. The Bertz CT molecular complexity index is 990. The molecule has 0 saturated heterocycles. The van der Waals surface area contributed by atoms with Gasteiger partial charge in [0.15, 0.2) is 0 Å². The molecular formula is C20H16N2O2. The van der Waals surface area contributed by atoms with Gasteiger partial charge in [0.1, 0.15) is 17.4 Å². The van der Waals surface area contributed by atoms with Gasteiger partial charge in [-0.2, -0.15) is 5.26 Å². The van der Waals surface area contributed by atoms with Crippen LogP contribution in [0.3, 0.4) is 0 Å². The molecule has 0 fully saturated rings. The van der Waals surface area contributed by atoms with E-state index in [-0.39, 0.29) is 11.4 Å². The van der Waals surface area contributed by atoms with Crippen molar-refractivity contribution < 1.29 is 9.53 Å². The molecule has 0 spiro atoms. The standard InChI is InChI=1S/C20H16N2O2/c1-13-9-14(7-8-19(13)24-2)10-15(11-21)20(23)17-12-22-18-6-4-3-5-16(17)18/h3-10,12,22H,1-2H3/b15-10+. The SMILES string of the molecule is COc1ccc(/C=C(\C#N)C(=O)c2c[nH]c3ccccc23)cc1C. The number of hydrogen-bond donors (Lipinski definition) is 1. The number of Topliss-reactive ketones (excluding diaryl/α,β-unsaturated/α-hetero) is 1. The number of methoxy groups -OCH3 is 1. The van der Waals surface area contributed by atoms with E-state index >= 15 is 0 Å². The number of nitriles is 1. The van der Waals surface area contributed by atoms with Gasteiger partial charge in [-0.15, -0.1) is 0 Å². The number of nitrogens with one attached hydrogen (secondary N) is 1. The van der Waals surface area contributed by atoms with Crippen LogP contribution >= 0.6 is 0 Å². The zero-order valence-corrected chi connectivity index (χ0v) is 13.5. The number of H-pyrrole nitrogens is 1. The molecule has 0 bridgehead atoms. The van der Waals surface area contributed by atoms with E-state index < -0.39 is 0 Å². The molecule has 1 heterocycles. The van der Waals surface area contributed by atoms with Crippen LogP contribution in [0.25, 0.3) is 17.0 Å². The summed E-state index contributed by atoms with van der Waals surface area (Å²) in [6.45, 7) is 1.92. The molecule has 118 valence electrons. The Balaban J connectivity index is 2.01. The largest absolute Gasteiger partial charge is 0.496 e. The number of aromatic nitrogens is 1. The molecule has 0 unspecified atom stereocenters. The Morgan fingerprint density at radius 2 is 2.04 bits per heavy atom. The van der Waals surface area contributed by atoms with Crippen molar-refractivity contribution in [3.05, 3.63) is 70.9 Å². The number of ether oxygens (including phenoxy) is 1. The highest BCUT2D eigenvalue weighted by atomic mass is 16.5. The van der Waals surface area contributed by atoms with E-state index in [2.05, 4.69) is 4.98 Å². The van der Waals surface area contributed by atoms with Crippen LogP contribution in [-0.4, -0.2) is 17.9 Å². The summed E-state index contributed by atoms with van der Waals surface area (Å²) >= 11 is 0. The zero-order chi connectivity index (χ0) is 17.1. The number of carbonyl (C=O) groups is 1. The number of allylic oxidation sites excluding steroid dienone is 1. The second-order valence-electron chi connectivity index (χ2n) is 5.48. The molecule has 0 aliphatic rings. The lowest BCUT2D eigenvalue weighted by Crippen LogP contribution is -2.01. The molecule has 4 heteroatoms. The van der Waals surface area contributed by atoms with Crippen molar-refractivity contribution in [2.45, 2.75) is 6.92 Å². The Hall–Kier alpha value is -3.32. The summed E-state index contributed by atoms with van der Waals surface area (Å²) in [6.07, 6.45) is 3.26. The van der Waals surface area contributed by atoms with E-state index in [0.717, 1.165) is 27.8 Å². The summed E-state index contributed by atoms with van der Waals surface area (Å²) in [5.74, 6) is 0.483. The minimum Gasteiger partial charge on any atom is -0.496 e. The third-order valence-electron chi connectivity index (χ3n) is 3.93. The lowest BCUT2D eigenvalue weighted by molar-refractivity contribution is 0.104. The van der Waals surface area contributed by atoms with Crippen LogP contribution in [0.5, 0.6) is 5.75 Å². The number of rotatable bonds is 4. The fraction of sp³-hybridized carbons (Fsp3) is 0.100. The molecule has 4 nitrogen and oxygen atoms in total. The molecule has 0 amide bonds. The highest BCUT2D eigenvalue weighted by Crippen LogP contribution is 2.23. The molecule has 3 rings (SSSR count). The maximum atomic E-state index is 12.7. The molecule has 24 heavy (non-hydrogen) atoms. The van der Waals surface area contributed by atoms with Gasteiger partial charge in [-0.05, 0) is 42.3 Å². The Morgan fingerprint density at radius 3 is 2.75 bits per heavy atom. The van der Waals surface area contributed by atoms with Crippen LogP contribution < -0.4 is 4.74 Å². The molecule has 0 atom stereocenters. The van der Waals surface area contributed by atoms with E-state index in [1.54, 1.807) is 19.4 Å². The summed E-state index contributed by atoms with van der Waals surface area (Å²) in [4.78, 5) is 15.8. The molecule has 0 radical (unpaired) electrons. The van der Waals surface area contributed by atoms with Crippen LogP contribution in [0, 0.1) is 18.3 Å². The van der Waals surface area contributed by atoms with Crippen LogP contribution in [0.15, 0.2) is 54.2 Å². The molecule has 1 aromatic heterocycles. The predicted molar refractivity (Wildman–Crippen MR) is 94.0 cm³/mol. The van der Waals surface area contributed by atoms with Crippen molar-refractivity contribution in [2.75, 3.05) is 7.11 Å². The minimum atomic E-state index is -0.288. The maximum Gasteiger partial charge on any atom is 0.205 e. The monoisotopic (exact) mass is 316 g/mol. The number of benzene rings is 2. The van der Waals surface area contributed by atoms with E-state index in [0.29, 0.717) is 5.56 Å². The van der Waals surface area contributed by atoms with Gasteiger partial charge >= 0.3 is 0 Å². The predicted octanol–water partition coefficient (Wildman–Crippen LogP) is 4.27. The van der Waals surface area contributed by atoms with Crippen molar-refractivity contribution in [1.82, 2.24) is 4.98 Å². The highest BCUT2D eigenvalue weighted by molar-refractivity contribution is 6.19. The smallest absolute Gasteiger partial charge is 0.205 e. The van der Waals surface area contributed by atoms with E-state index in [1.807, 2.05) is 55.5 Å². The number of aryl methyl sites for hydroxylation is 1. The van der Waals surface area contributed by atoms with Gasteiger partial charge in [0.25, 0.3) is 0 Å². The minimum absolute atomic E-state index is 0.101. The highest BCUT2D eigenvalue weighted by Gasteiger charge is 2.16. The van der Waals surface area contributed by atoms with Crippen LogP contribution in [0.2, 0.25) is 0 Å². The quantitative estimate of drug-likeness (QED) is 0.444. The van der Waals surface area contributed by atoms with Gasteiger partial charge in [-0.25, -0.2) is 0 Å². The first-order valence-corrected chi connectivity index (χ1v) is 7.51. The van der Waals surface area contributed by atoms with Crippen molar-refractivity contribution in [3.63, 3.8) is 0 Å². The summed E-state index contributed by atoms with van der Waals surface area (Å²) < 4.78 is 5.23. The molecule has 0 aliphatic carbocycles. The second-order valence-corrected chi connectivity index (χ2v) is 5.48. The number of aromatic amines is 1. The van der Waals surface area contributed by atoms with E-state index in [9.17, 15) is 10.1 Å². The van der Waals surface area contributed by atoms with Gasteiger partial charge in [-0.3, -0.25) is 4.79 Å². The normalized spacial score (nSPS) is 11.3. The Morgan fingerprint density at radius 1 is 1.25 bits per heavy atom.